The summed E-state index contributed by atoms with van der Waals surface area (Å²) in [5, 5.41) is 8.91. The van der Waals surface area contributed by atoms with Crippen LogP contribution < -0.4 is 0 Å². The average molecular weight is 174 g/mol. The summed E-state index contributed by atoms with van der Waals surface area (Å²) in [6.45, 7) is 1.18. The number of halogens is 3. The van der Waals surface area contributed by atoms with E-state index in [1.807, 2.05) is 6.07 Å². The van der Waals surface area contributed by atoms with Crippen molar-refractivity contribution in [2.24, 2.45) is 0 Å². The molecule has 1 N–H and O–H groups in total. The molecule has 0 unspecified atom stereocenters. The third-order valence-corrected chi connectivity index (χ3v) is 1.45. The van der Waals surface area contributed by atoms with Crippen LogP contribution in [0.2, 0.25) is 0 Å². The average Bonchev–Trinajstić information content (AvgIpc) is 1.92. The van der Waals surface area contributed by atoms with E-state index in [-0.39, 0.29) is 5.56 Å². The summed E-state index contributed by atoms with van der Waals surface area (Å²) in [6.07, 6.45) is -4.47. The largest absolute Gasteiger partial charge is 0.507 e. The monoisotopic (exact) mass is 174 g/mol. The lowest BCUT2D eigenvalue weighted by Gasteiger charge is -2.06. The molecule has 0 bridgehead atoms. The first-order valence-corrected chi connectivity index (χ1v) is 3.12. The molecule has 0 radical (unpaired) electrons. The van der Waals surface area contributed by atoms with Crippen LogP contribution in [-0.2, 0) is 6.18 Å². The van der Waals surface area contributed by atoms with Crippen molar-refractivity contribution >= 4 is 0 Å². The Labute approximate surface area is 67.5 Å². The third kappa shape index (κ3) is 1.45. The van der Waals surface area contributed by atoms with Crippen molar-refractivity contribution in [1.82, 2.24) is 0 Å². The predicted octanol–water partition coefficient (Wildman–Crippen LogP) is 2.32. The minimum atomic E-state index is -4.47. The first kappa shape index (κ1) is 8.72. The Balaban J connectivity index is 3.26. The second kappa shape index (κ2) is 2.59. The van der Waals surface area contributed by atoms with Gasteiger partial charge in [0.25, 0.3) is 0 Å². The van der Waals surface area contributed by atoms with Crippen LogP contribution in [0.1, 0.15) is 11.1 Å². The number of alkyl halides is 3. The molecule has 64 valence electrons. The van der Waals surface area contributed by atoms with Crippen LogP contribution in [0.25, 0.3) is 0 Å². The molecule has 0 aliphatic carbocycles. The highest BCUT2D eigenvalue weighted by atomic mass is 19.4. The molecule has 0 aliphatic heterocycles. The summed E-state index contributed by atoms with van der Waals surface area (Å²) in [5.74, 6) is -0.416. The molecule has 0 amide bonds. The summed E-state index contributed by atoms with van der Waals surface area (Å²) in [7, 11) is 0. The van der Waals surface area contributed by atoms with Gasteiger partial charge in [-0.25, -0.2) is 0 Å². The molecule has 1 rings (SSSR count). The quantitative estimate of drug-likeness (QED) is 0.639. The fourth-order valence-corrected chi connectivity index (χ4v) is 0.790. The molecule has 0 heterocycles. The van der Waals surface area contributed by atoms with Crippen molar-refractivity contribution in [3.05, 3.63) is 29.3 Å². The second-order valence-electron chi connectivity index (χ2n) is 2.30. The van der Waals surface area contributed by atoms with E-state index in [0.717, 1.165) is 6.07 Å². The Hall–Kier alpha value is -1.37. The van der Waals surface area contributed by atoms with Gasteiger partial charge in [0, 0.05) is 11.6 Å². The highest BCUT2D eigenvalue weighted by molar-refractivity contribution is 5.36. The number of hydrogen-bond acceptors (Lipinski definition) is 1. The first-order valence-electron chi connectivity index (χ1n) is 3.12. The highest BCUT2D eigenvalue weighted by Gasteiger charge is 2.33. The number of rotatable bonds is 0. The Morgan fingerprint density at radius 3 is 2.42 bits per heavy atom. The second-order valence-corrected chi connectivity index (χ2v) is 2.30. The van der Waals surface area contributed by atoms with Crippen molar-refractivity contribution in [2.45, 2.75) is 13.1 Å². The topological polar surface area (TPSA) is 20.2 Å². The molecule has 1 aromatic rings. The van der Waals surface area contributed by atoms with Gasteiger partial charge in [-0.05, 0) is 6.92 Å². The van der Waals surface area contributed by atoms with Crippen LogP contribution in [-0.4, -0.2) is 5.11 Å². The van der Waals surface area contributed by atoms with E-state index in [4.69, 9.17) is 5.11 Å². The van der Waals surface area contributed by atoms with Gasteiger partial charge >= 0.3 is 6.18 Å². The lowest BCUT2D eigenvalue weighted by atomic mass is 10.1. The lowest BCUT2D eigenvalue weighted by Crippen LogP contribution is -2.06. The maximum absolute atomic E-state index is 12.1. The van der Waals surface area contributed by atoms with Gasteiger partial charge in [0.1, 0.15) is 11.3 Å². The van der Waals surface area contributed by atoms with Gasteiger partial charge in [0.05, 0.1) is 0 Å². The van der Waals surface area contributed by atoms with Gasteiger partial charge < -0.3 is 5.11 Å². The predicted molar refractivity (Wildman–Crippen MR) is 35.5 cm³/mol. The fourth-order valence-electron chi connectivity index (χ4n) is 0.790. The van der Waals surface area contributed by atoms with E-state index in [9.17, 15) is 13.2 Å². The molecule has 12 heavy (non-hydrogen) atoms. The Bertz CT molecular complexity index is 291. The minimum Gasteiger partial charge on any atom is -0.507 e. The van der Waals surface area contributed by atoms with Crippen molar-refractivity contribution in [1.29, 1.82) is 0 Å². The van der Waals surface area contributed by atoms with Crippen molar-refractivity contribution in [3.63, 3.8) is 0 Å². The SMILES string of the molecule is Cc1c(C(F)(F)F)c#ccc1O. The van der Waals surface area contributed by atoms with E-state index in [2.05, 4.69) is 6.07 Å². The number of aromatic hydroxyl groups is 1. The van der Waals surface area contributed by atoms with Gasteiger partial charge in [-0.1, -0.05) is 12.1 Å². The normalized spacial score (nSPS) is 11.0. The van der Waals surface area contributed by atoms with Crippen LogP contribution in [0.15, 0.2) is 6.07 Å². The van der Waals surface area contributed by atoms with Crippen LogP contribution in [0.3, 0.4) is 0 Å². The van der Waals surface area contributed by atoms with Gasteiger partial charge in [-0.15, -0.1) is 0 Å². The standard InChI is InChI=1S/C8H5F3O/c1-5-6(8(9,10)11)3-2-4-7(5)12/h4,12H,1H3. The van der Waals surface area contributed by atoms with Crippen LogP contribution in [0.4, 0.5) is 13.2 Å². The maximum atomic E-state index is 12.1. The summed E-state index contributed by atoms with van der Waals surface area (Å²) in [6, 6.07) is 5.04. The summed E-state index contributed by atoms with van der Waals surface area (Å²) >= 11 is 0. The number of hydrogen-bond donors (Lipinski definition) is 1. The molecule has 0 spiro atoms. The molecule has 0 atom stereocenters. The molecule has 1 nitrogen and oxygen atoms in total. The lowest BCUT2D eigenvalue weighted by molar-refractivity contribution is -0.138. The minimum absolute atomic E-state index is 0.221. The van der Waals surface area contributed by atoms with Crippen molar-refractivity contribution in [3.8, 4) is 5.75 Å². The Morgan fingerprint density at radius 2 is 2.00 bits per heavy atom. The van der Waals surface area contributed by atoms with Gasteiger partial charge in [0.2, 0.25) is 0 Å². The van der Waals surface area contributed by atoms with Crippen LogP contribution in [0.5, 0.6) is 5.75 Å². The Kier molecular flexibility index (Phi) is 1.89. The molecule has 1 aromatic carbocycles. The molecule has 0 fully saturated rings. The van der Waals surface area contributed by atoms with Crippen molar-refractivity contribution in [2.75, 3.05) is 0 Å². The molecule has 0 aromatic heterocycles. The first-order chi connectivity index (χ1) is 5.43. The molecular weight excluding hydrogens is 169 g/mol. The molecule has 0 saturated carbocycles. The molecule has 0 saturated heterocycles. The van der Waals surface area contributed by atoms with E-state index in [1.165, 1.54) is 6.92 Å². The molecule has 4 heteroatoms. The summed E-state index contributed by atoms with van der Waals surface area (Å²) in [4.78, 5) is 0. The maximum Gasteiger partial charge on any atom is 0.424 e. The summed E-state index contributed by atoms with van der Waals surface area (Å²) in [5.41, 5.74) is -1.19. The van der Waals surface area contributed by atoms with Gasteiger partial charge in [-0.2, -0.15) is 13.2 Å². The van der Waals surface area contributed by atoms with Gasteiger partial charge in [0.15, 0.2) is 0 Å². The zero-order valence-electron chi connectivity index (χ0n) is 6.16. The zero-order chi connectivity index (χ0) is 9.35. The zero-order valence-corrected chi connectivity index (χ0v) is 6.16. The van der Waals surface area contributed by atoms with E-state index in [0.29, 0.717) is 0 Å². The van der Waals surface area contributed by atoms with Crippen LogP contribution >= 0.6 is 0 Å². The highest BCUT2D eigenvalue weighted by Crippen LogP contribution is 2.32. The molecule has 0 aliphatic rings. The molecular formula is C8H5F3O. The third-order valence-electron chi connectivity index (χ3n) is 1.45. The summed E-state index contributed by atoms with van der Waals surface area (Å²) < 4.78 is 36.2. The van der Waals surface area contributed by atoms with E-state index >= 15 is 0 Å². The van der Waals surface area contributed by atoms with Gasteiger partial charge in [-0.3, -0.25) is 0 Å². The fraction of sp³-hybridized carbons (Fsp3) is 0.250. The smallest absolute Gasteiger partial charge is 0.424 e. The van der Waals surface area contributed by atoms with Crippen molar-refractivity contribution < 1.29 is 18.3 Å². The van der Waals surface area contributed by atoms with Crippen LogP contribution in [0, 0.1) is 19.1 Å². The van der Waals surface area contributed by atoms with E-state index in [1.54, 1.807) is 0 Å². The van der Waals surface area contributed by atoms with E-state index < -0.39 is 17.5 Å². The Morgan fingerprint density at radius 1 is 1.42 bits per heavy atom.